The number of halogens is 1. The van der Waals surface area contributed by atoms with Crippen LogP contribution in [0.15, 0.2) is 10.6 Å². The van der Waals surface area contributed by atoms with Crippen LogP contribution in [0.1, 0.15) is 19.3 Å². The fraction of sp³-hybridized carbons (Fsp3) is 0.600. The standard InChI is InChI=1S/C15H19BrO6/c1-21-13(19)10-8-12(18)11(16)9-15(10,14(20)22-2)6-4-3-5-7-17/h9-10,12,17-18H,3,5,7-8H2,1-2H3/t10-,12+,15+/m0/s1. The minimum absolute atomic E-state index is 0.00641. The summed E-state index contributed by atoms with van der Waals surface area (Å²) in [4.78, 5) is 24.4. The van der Waals surface area contributed by atoms with Crippen molar-refractivity contribution in [2.45, 2.75) is 25.4 Å². The van der Waals surface area contributed by atoms with Gasteiger partial charge >= 0.3 is 11.9 Å². The fourth-order valence-electron chi connectivity index (χ4n) is 2.28. The predicted molar refractivity (Wildman–Crippen MR) is 81.7 cm³/mol. The molecule has 0 spiro atoms. The zero-order valence-electron chi connectivity index (χ0n) is 12.5. The van der Waals surface area contributed by atoms with Gasteiger partial charge in [-0.25, -0.2) is 0 Å². The van der Waals surface area contributed by atoms with Crippen LogP contribution >= 0.6 is 15.9 Å². The highest BCUT2D eigenvalue weighted by Gasteiger charge is 2.52. The average Bonchev–Trinajstić information content (AvgIpc) is 2.52. The highest BCUT2D eigenvalue weighted by Crippen LogP contribution is 2.42. The Hall–Kier alpha value is -1.36. The number of methoxy groups -OCH3 is 2. The molecule has 0 aromatic rings. The molecule has 3 atom stereocenters. The van der Waals surface area contributed by atoms with Crippen LogP contribution < -0.4 is 0 Å². The van der Waals surface area contributed by atoms with Gasteiger partial charge in [0.15, 0.2) is 5.41 Å². The van der Waals surface area contributed by atoms with Gasteiger partial charge in [-0.15, -0.1) is 5.92 Å². The molecule has 0 aromatic carbocycles. The molecule has 0 saturated heterocycles. The lowest BCUT2D eigenvalue weighted by Gasteiger charge is -2.35. The Bertz CT molecular complexity index is 518. The van der Waals surface area contributed by atoms with Crippen LogP contribution in [0, 0.1) is 23.2 Å². The summed E-state index contributed by atoms with van der Waals surface area (Å²) in [7, 11) is 2.42. The smallest absolute Gasteiger partial charge is 0.328 e. The molecule has 0 amide bonds. The number of carbonyl (C=O) groups is 2. The highest BCUT2D eigenvalue weighted by atomic mass is 79.9. The number of hydrogen-bond acceptors (Lipinski definition) is 6. The van der Waals surface area contributed by atoms with E-state index in [1.54, 1.807) is 0 Å². The van der Waals surface area contributed by atoms with Gasteiger partial charge in [0.05, 0.1) is 26.2 Å². The van der Waals surface area contributed by atoms with E-state index in [9.17, 15) is 14.7 Å². The molecule has 6 nitrogen and oxygen atoms in total. The highest BCUT2D eigenvalue weighted by molar-refractivity contribution is 9.11. The van der Waals surface area contributed by atoms with Crippen LogP contribution in [-0.4, -0.2) is 49.1 Å². The van der Waals surface area contributed by atoms with Crippen molar-refractivity contribution in [1.82, 2.24) is 0 Å². The second-order valence-electron chi connectivity index (χ2n) is 4.85. The molecule has 22 heavy (non-hydrogen) atoms. The zero-order valence-corrected chi connectivity index (χ0v) is 14.1. The Morgan fingerprint density at radius 2 is 2.14 bits per heavy atom. The summed E-state index contributed by atoms with van der Waals surface area (Å²) in [6.07, 6.45) is 1.31. The van der Waals surface area contributed by atoms with Crippen molar-refractivity contribution in [3.05, 3.63) is 10.6 Å². The monoisotopic (exact) mass is 374 g/mol. The minimum Gasteiger partial charge on any atom is -0.469 e. The molecule has 122 valence electrons. The molecule has 0 aliphatic heterocycles. The molecule has 0 heterocycles. The molecule has 1 aliphatic rings. The lowest BCUT2D eigenvalue weighted by Crippen LogP contribution is -2.46. The summed E-state index contributed by atoms with van der Waals surface area (Å²) in [5.41, 5.74) is -1.52. The van der Waals surface area contributed by atoms with E-state index in [4.69, 9.17) is 14.6 Å². The topological polar surface area (TPSA) is 93.1 Å². The van der Waals surface area contributed by atoms with Crippen molar-refractivity contribution < 1.29 is 29.3 Å². The Morgan fingerprint density at radius 1 is 1.45 bits per heavy atom. The van der Waals surface area contributed by atoms with Crippen LogP contribution in [-0.2, 0) is 19.1 Å². The first kappa shape index (κ1) is 18.7. The van der Waals surface area contributed by atoms with Crippen molar-refractivity contribution in [2.24, 2.45) is 11.3 Å². The van der Waals surface area contributed by atoms with Gasteiger partial charge in [0, 0.05) is 17.5 Å². The van der Waals surface area contributed by atoms with E-state index in [-0.39, 0.29) is 13.0 Å². The maximum absolute atomic E-state index is 12.3. The first-order chi connectivity index (χ1) is 10.4. The van der Waals surface area contributed by atoms with E-state index in [2.05, 4.69) is 27.8 Å². The first-order valence-electron chi connectivity index (χ1n) is 6.76. The molecule has 0 radical (unpaired) electrons. The quantitative estimate of drug-likeness (QED) is 0.428. The average molecular weight is 375 g/mol. The number of rotatable bonds is 4. The fourth-order valence-corrected chi connectivity index (χ4v) is 2.83. The molecule has 1 rings (SSSR count). The van der Waals surface area contributed by atoms with E-state index >= 15 is 0 Å². The van der Waals surface area contributed by atoms with Gasteiger partial charge in [-0.2, -0.15) is 0 Å². The van der Waals surface area contributed by atoms with Crippen LogP contribution in [0.25, 0.3) is 0 Å². The van der Waals surface area contributed by atoms with E-state index in [0.717, 1.165) is 0 Å². The lowest BCUT2D eigenvalue weighted by atomic mass is 9.69. The summed E-state index contributed by atoms with van der Waals surface area (Å²) < 4.78 is 9.92. The van der Waals surface area contributed by atoms with Crippen molar-refractivity contribution in [1.29, 1.82) is 0 Å². The Labute approximate surface area is 137 Å². The van der Waals surface area contributed by atoms with Crippen LogP contribution in [0.4, 0.5) is 0 Å². The molecule has 2 N–H and O–H groups in total. The van der Waals surface area contributed by atoms with Gasteiger partial charge in [0.2, 0.25) is 0 Å². The predicted octanol–water partition coefficient (Wildman–Crippen LogP) is 0.754. The SMILES string of the molecule is COC(=O)[C@@H]1C[C@@H](O)C(Br)=C[C@@]1(C#CCCCO)C(=O)OC. The summed E-state index contributed by atoms with van der Waals surface area (Å²) >= 11 is 3.19. The van der Waals surface area contributed by atoms with Crippen molar-refractivity contribution in [3.8, 4) is 11.8 Å². The molecule has 1 aliphatic carbocycles. The number of aliphatic hydroxyl groups is 2. The summed E-state index contributed by atoms with van der Waals surface area (Å²) in [6.45, 7) is -0.0153. The molecule has 0 aromatic heterocycles. The van der Waals surface area contributed by atoms with Crippen molar-refractivity contribution in [3.63, 3.8) is 0 Å². The van der Waals surface area contributed by atoms with Crippen LogP contribution in [0.3, 0.4) is 0 Å². The van der Waals surface area contributed by atoms with E-state index in [0.29, 0.717) is 17.3 Å². The third kappa shape index (κ3) is 3.88. The number of esters is 2. The summed E-state index contributed by atoms with van der Waals surface area (Å²) in [6, 6.07) is 0. The van der Waals surface area contributed by atoms with E-state index in [1.165, 1.54) is 20.3 Å². The van der Waals surface area contributed by atoms with Gasteiger partial charge in [-0.3, -0.25) is 9.59 Å². The second-order valence-corrected chi connectivity index (χ2v) is 5.76. The number of aliphatic hydroxyl groups excluding tert-OH is 2. The molecular formula is C15H19BrO6. The molecule has 7 heteroatoms. The lowest BCUT2D eigenvalue weighted by molar-refractivity contribution is -0.161. The molecule has 0 saturated carbocycles. The van der Waals surface area contributed by atoms with E-state index < -0.39 is 29.4 Å². The maximum atomic E-state index is 12.3. The molecule has 0 bridgehead atoms. The second kappa shape index (κ2) is 8.32. The first-order valence-corrected chi connectivity index (χ1v) is 7.55. The third-order valence-electron chi connectivity index (χ3n) is 3.46. The van der Waals surface area contributed by atoms with E-state index in [1.807, 2.05) is 0 Å². The number of ether oxygens (including phenoxy) is 2. The minimum atomic E-state index is -1.52. The van der Waals surface area contributed by atoms with Gasteiger partial charge in [-0.05, 0) is 18.9 Å². The number of unbranched alkanes of at least 4 members (excludes halogenated alkanes) is 1. The molecular weight excluding hydrogens is 356 g/mol. The number of carbonyl (C=O) groups excluding carboxylic acids is 2. The normalized spacial score (nSPS) is 27.2. The van der Waals surface area contributed by atoms with Crippen LogP contribution in [0.5, 0.6) is 0 Å². The third-order valence-corrected chi connectivity index (χ3v) is 4.21. The maximum Gasteiger partial charge on any atom is 0.328 e. The summed E-state index contributed by atoms with van der Waals surface area (Å²) in [5.74, 6) is 3.27. The molecule has 0 unspecified atom stereocenters. The summed E-state index contributed by atoms with van der Waals surface area (Å²) in [5, 5.41) is 18.7. The Kier molecular flexibility index (Phi) is 7.07. The molecule has 0 fully saturated rings. The zero-order chi connectivity index (χ0) is 16.8. The van der Waals surface area contributed by atoms with Crippen molar-refractivity contribution >= 4 is 27.9 Å². The Morgan fingerprint density at radius 3 is 2.68 bits per heavy atom. The van der Waals surface area contributed by atoms with Crippen molar-refractivity contribution in [2.75, 3.05) is 20.8 Å². The van der Waals surface area contributed by atoms with Gasteiger partial charge in [0.25, 0.3) is 0 Å². The van der Waals surface area contributed by atoms with Crippen LogP contribution in [0.2, 0.25) is 0 Å². The Balaban J connectivity index is 3.35. The van der Waals surface area contributed by atoms with Gasteiger partial charge in [0.1, 0.15) is 0 Å². The van der Waals surface area contributed by atoms with Gasteiger partial charge in [-0.1, -0.05) is 21.9 Å². The number of hydrogen-bond donors (Lipinski definition) is 2. The largest absolute Gasteiger partial charge is 0.469 e. The van der Waals surface area contributed by atoms with Gasteiger partial charge < -0.3 is 19.7 Å².